The van der Waals surface area contributed by atoms with E-state index >= 15 is 0 Å². The Morgan fingerprint density at radius 2 is 1.89 bits per heavy atom. The fraction of sp³-hybridized carbons (Fsp3) is 0.381. The summed E-state index contributed by atoms with van der Waals surface area (Å²) in [5.74, 6) is -0.354. The van der Waals surface area contributed by atoms with Crippen LogP contribution >= 0.6 is 0 Å². The molecule has 5 nitrogen and oxygen atoms in total. The lowest BCUT2D eigenvalue weighted by Gasteiger charge is -2.37. The topological polar surface area (TPSA) is 53.6 Å². The molecule has 2 unspecified atom stereocenters. The third kappa shape index (κ3) is 4.98. The van der Waals surface area contributed by atoms with Crippen molar-refractivity contribution in [2.75, 3.05) is 23.3 Å². The van der Waals surface area contributed by atoms with E-state index in [1.54, 1.807) is 12.1 Å². The molecular formula is C21H26FN3O2. The van der Waals surface area contributed by atoms with Crippen LogP contribution < -0.4 is 15.5 Å². The Labute approximate surface area is 159 Å². The van der Waals surface area contributed by atoms with E-state index in [4.69, 9.17) is 4.74 Å². The van der Waals surface area contributed by atoms with Gasteiger partial charge >= 0.3 is 6.03 Å². The van der Waals surface area contributed by atoms with E-state index < -0.39 is 0 Å². The lowest BCUT2D eigenvalue weighted by Crippen LogP contribution is -2.45. The molecular weight excluding hydrogens is 345 g/mol. The average molecular weight is 371 g/mol. The van der Waals surface area contributed by atoms with Crippen LogP contribution in [0.15, 0.2) is 42.5 Å². The average Bonchev–Trinajstić information content (AvgIpc) is 2.60. The Balaban J connectivity index is 1.60. The summed E-state index contributed by atoms with van der Waals surface area (Å²) in [5, 5.41) is 5.48. The van der Waals surface area contributed by atoms with Crippen LogP contribution in [-0.4, -0.2) is 31.3 Å². The molecule has 1 fully saturated rings. The molecule has 2 N–H and O–H groups in total. The number of nitrogens with one attached hydrogen (secondary N) is 2. The highest BCUT2D eigenvalue weighted by Crippen LogP contribution is 2.26. The van der Waals surface area contributed by atoms with Gasteiger partial charge in [0, 0.05) is 25.3 Å². The van der Waals surface area contributed by atoms with Crippen LogP contribution in [0.3, 0.4) is 0 Å². The lowest BCUT2D eigenvalue weighted by atomic mass is 10.1. The number of halogens is 1. The van der Waals surface area contributed by atoms with Crippen LogP contribution in [0.5, 0.6) is 0 Å². The predicted octanol–water partition coefficient (Wildman–Crippen LogP) is 4.07. The van der Waals surface area contributed by atoms with Gasteiger partial charge in [-0.25, -0.2) is 9.18 Å². The number of urea groups is 1. The smallest absolute Gasteiger partial charge is 0.319 e. The largest absolute Gasteiger partial charge is 0.372 e. The van der Waals surface area contributed by atoms with Crippen LogP contribution in [-0.2, 0) is 11.3 Å². The Bertz CT molecular complexity index is 802. The van der Waals surface area contributed by atoms with E-state index in [0.717, 1.165) is 11.1 Å². The van der Waals surface area contributed by atoms with Crippen LogP contribution in [0.4, 0.5) is 20.6 Å². The van der Waals surface area contributed by atoms with Crippen molar-refractivity contribution in [3.05, 3.63) is 59.4 Å². The van der Waals surface area contributed by atoms with Gasteiger partial charge in [-0.2, -0.15) is 0 Å². The van der Waals surface area contributed by atoms with E-state index in [0.29, 0.717) is 31.0 Å². The standard InChI is InChI=1S/C21H26FN3O2/c1-14-6-4-5-7-17(14)11-23-21(26)24-18-8-9-20(19(22)10-18)25-12-15(2)27-16(3)13-25/h4-10,15-16H,11-13H2,1-3H3,(H2,23,24,26). The number of amides is 2. The molecule has 2 aromatic carbocycles. The molecule has 1 aliphatic rings. The zero-order chi connectivity index (χ0) is 19.4. The first-order valence-corrected chi connectivity index (χ1v) is 9.21. The second-order valence-corrected chi connectivity index (χ2v) is 7.06. The number of hydrogen-bond donors (Lipinski definition) is 2. The number of carbonyl (C=O) groups excluding carboxylic acids is 1. The Morgan fingerprint density at radius 1 is 1.19 bits per heavy atom. The first-order valence-electron chi connectivity index (χ1n) is 9.21. The summed E-state index contributed by atoms with van der Waals surface area (Å²) in [6.07, 6.45) is 0.108. The van der Waals surface area contributed by atoms with Crippen molar-refractivity contribution in [2.24, 2.45) is 0 Å². The summed E-state index contributed by atoms with van der Waals surface area (Å²) in [6.45, 7) is 7.67. The minimum atomic E-state index is -0.362. The van der Waals surface area contributed by atoms with Gasteiger partial charge in [0.15, 0.2) is 0 Å². The summed E-state index contributed by atoms with van der Waals surface area (Å²) >= 11 is 0. The fourth-order valence-corrected chi connectivity index (χ4v) is 3.37. The van der Waals surface area contributed by atoms with Crippen molar-refractivity contribution < 1.29 is 13.9 Å². The third-order valence-electron chi connectivity index (χ3n) is 4.67. The van der Waals surface area contributed by atoms with Crippen LogP contribution in [0, 0.1) is 12.7 Å². The molecule has 0 saturated carbocycles. The number of hydrogen-bond acceptors (Lipinski definition) is 3. The number of morpholine rings is 1. The maximum atomic E-state index is 14.6. The Hall–Kier alpha value is -2.60. The lowest BCUT2D eigenvalue weighted by molar-refractivity contribution is -0.00539. The number of carbonyl (C=O) groups is 1. The summed E-state index contributed by atoms with van der Waals surface area (Å²) in [4.78, 5) is 14.1. The predicted molar refractivity (Wildman–Crippen MR) is 106 cm³/mol. The molecule has 1 saturated heterocycles. The van der Waals surface area contributed by atoms with Gasteiger partial charge in [0.25, 0.3) is 0 Å². The van der Waals surface area contributed by atoms with E-state index in [2.05, 4.69) is 10.6 Å². The first kappa shape index (κ1) is 19.2. The monoisotopic (exact) mass is 371 g/mol. The fourth-order valence-electron chi connectivity index (χ4n) is 3.37. The second-order valence-electron chi connectivity index (χ2n) is 7.06. The summed E-state index contributed by atoms with van der Waals surface area (Å²) < 4.78 is 20.3. The first-order chi connectivity index (χ1) is 12.9. The molecule has 1 aliphatic heterocycles. The highest BCUT2D eigenvalue weighted by Gasteiger charge is 2.24. The van der Waals surface area contributed by atoms with Crippen molar-refractivity contribution in [3.8, 4) is 0 Å². The van der Waals surface area contributed by atoms with Gasteiger partial charge in [-0.3, -0.25) is 0 Å². The van der Waals surface area contributed by atoms with Crippen LogP contribution in [0.2, 0.25) is 0 Å². The highest BCUT2D eigenvalue weighted by molar-refractivity contribution is 5.89. The van der Waals surface area contributed by atoms with E-state index in [-0.39, 0.29) is 24.1 Å². The van der Waals surface area contributed by atoms with Crippen molar-refractivity contribution in [1.29, 1.82) is 0 Å². The van der Waals surface area contributed by atoms with E-state index in [9.17, 15) is 9.18 Å². The van der Waals surface area contributed by atoms with Crippen molar-refractivity contribution in [3.63, 3.8) is 0 Å². The summed E-state index contributed by atoms with van der Waals surface area (Å²) in [7, 11) is 0. The Morgan fingerprint density at radius 3 is 2.56 bits per heavy atom. The maximum absolute atomic E-state index is 14.6. The Kier molecular flexibility index (Phi) is 5.96. The van der Waals surface area contributed by atoms with Crippen molar-refractivity contribution in [1.82, 2.24) is 5.32 Å². The van der Waals surface area contributed by atoms with Crippen LogP contribution in [0.1, 0.15) is 25.0 Å². The van der Waals surface area contributed by atoms with Gasteiger partial charge in [-0.05, 0) is 50.1 Å². The van der Waals surface area contributed by atoms with Gasteiger partial charge < -0.3 is 20.3 Å². The zero-order valence-corrected chi connectivity index (χ0v) is 16.0. The van der Waals surface area contributed by atoms with Gasteiger partial charge in [0.1, 0.15) is 5.82 Å². The van der Waals surface area contributed by atoms with Crippen LogP contribution in [0.25, 0.3) is 0 Å². The van der Waals surface area contributed by atoms with Gasteiger partial charge in [-0.15, -0.1) is 0 Å². The molecule has 2 aromatic rings. The number of aryl methyl sites for hydroxylation is 1. The number of benzene rings is 2. The molecule has 3 rings (SSSR count). The second kappa shape index (κ2) is 8.39. The normalized spacial score (nSPS) is 19.6. The van der Waals surface area contributed by atoms with E-state index in [1.807, 2.05) is 49.9 Å². The summed E-state index contributed by atoms with van der Waals surface area (Å²) in [5.41, 5.74) is 3.11. The van der Waals surface area contributed by atoms with Crippen molar-refractivity contribution in [2.45, 2.75) is 39.5 Å². The van der Waals surface area contributed by atoms with E-state index in [1.165, 1.54) is 6.07 Å². The zero-order valence-electron chi connectivity index (χ0n) is 16.0. The quantitative estimate of drug-likeness (QED) is 0.852. The molecule has 6 heteroatoms. The van der Waals surface area contributed by atoms with Gasteiger partial charge in [0.2, 0.25) is 0 Å². The van der Waals surface area contributed by atoms with Gasteiger partial charge in [-0.1, -0.05) is 24.3 Å². The maximum Gasteiger partial charge on any atom is 0.319 e. The number of ether oxygens (including phenoxy) is 1. The molecule has 0 spiro atoms. The number of nitrogens with zero attached hydrogens (tertiary/aromatic N) is 1. The van der Waals surface area contributed by atoms with Gasteiger partial charge in [0.05, 0.1) is 17.9 Å². The minimum Gasteiger partial charge on any atom is -0.372 e. The minimum absolute atomic E-state index is 0.0539. The summed E-state index contributed by atoms with van der Waals surface area (Å²) in [6, 6.07) is 12.3. The molecule has 1 heterocycles. The molecule has 0 aliphatic carbocycles. The molecule has 27 heavy (non-hydrogen) atoms. The molecule has 144 valence electrons. The van der Waals surface area contributed by atoms with Crippen molar-refractivity contribution >= 4 is 17.4 Å². The SMILES string of the molecule is Cc1ccccc1CNC(=O)Nc1ccc(N2CC(C)OC(C)C2)c(F)c1. The highest BCUT2D eigenvalue weighted by atomic mass is 19.1. The molecule has 2 atom stereocenters. The molecule has 0 aromatic heterocycles. The third-order valence-corrected chi connectivity index (χ3v) is 4.67. The number of anilines is 2. The molecule has 2 amide bonds. The number of rotatable bonds is 4. The molecule has 0 bridgehead atoms. The molecule has 0 radical (unpaired) electrons.